The predicted octanol–water partition coefficient (Wildman–Crippen LogP) is 0.573. The summed E-state index contributed by atoms with van der Waals surface area (Å²) in [6.45, 7) is 0.946. The summed E-state index contributed by atoms with van der Waals surface area (Å²) in [6.07, 6.45) is 0. The fraction of sp³-hybridized carbons (Fsp3) is 0.444. The van der Waals surface area contributed by atoms with Crippen LogP contribution in [0.5, 0.6) is 0 Å². The van der Waals surface area contributed by atoms with Crippen LogP contribution in [0.4, 0.5) is 0 Å². The van der Waals surface area contributed by atoms with Crippen LogP contribution in [0.3, 0.4) is 0 Å². The molecule has 0 N–H and O–H groups in total. The van der Waals surface area contributed by atoms with Gasteiger partial charge in [0.15, 0.2) is 5.09 Å². The summed E-state index contributed by atoms with van der Waals surface area (Å²) in [6, 6.07) is 2.99. The molecule has 82 valence electrons. The molecule has 0 amide bonds. The number of hydrogen-bond donors (Lipinski definition) is 0. The number of ether oxygens (including phenoxy) is 2. The van der Waals surface area contributed by atoms with Crippen molar-refractivity contribution in [1.82, 2.24) is 0 Å². The van der Waals surface area contributed by atoms with Crippen LogP contribution in [0.1, 0.15) is 10.6 Å². The molecule has 1 saturated heterocycles. The third-order valence-corrected chi connectivity index (χ3v) is 3.57. The molecular weight excluding hydrogens is 220 g/mol. The van der Waals surface area contributed by atoms with Gasteiger partial charge >= 0.3 is 5.97 Å². The molecule has 6 heteroatoms. The molecule has 1 unspecified atom stereocenters. The first-order valence-corrected chi connectivity index (χ1v) is 5.60. The summed E-state index contributed by atoms with van der Waals surface area (Å²) >= 11 is 0. The van der Waals surface area contributed by atoms with Gasteiger partial charge in [0.1, 0.15) is 0 Å². The lowest BCUT2D eigenvalue weighted by molar-refractivity contribution is 0.0430. The van der Waals surface area contributed by atoms with Crippen LogP contribution in [0.25, 0.3) is 0 Å². The van der Waals surface area contributed by atoms with Crippen LogP contribution < -0.4 is 0 Å². The fourth-order valence-corrected chi connectivity index (χ4v) is 2.28. The second-order valence-corrected chi connectivity index (χ2v) is 4.73. The third kappa shape index (κ3) is 1.95. The Morgan fingerprint density at radius 2 is 2.27 bits per heavy atom. The Labute approximate surface area is 88.8 Å². The Morgan fingerprint density at radius 1 is 1.53 bits per heavy atom. The maximum absolute atomic E-state index is 11.7. The minimum Gasteiger partial charge on any atom is -0.463 e. The molecule has 0 radical (unpaired) electrons. The van der Waals surface area contributed by atoms with Gasteiger partial charge in [-0.15, -0.1) is 0 Å². The van der Waals surface area contributed by atoms with Crippen molar-refractivity contribution in [1.29, 1.82) is 0 Å². The lowest BCUT2D eigenvalue weighted by Gasteiger charge is -2.23. The molecule has 1 aromatic heterocycles. The van der Waals surface area contributed by atoms with Gasteiger partial charge in [0.05, 0.1) is 36.4 Å². The molecule has 1 atom stereocenters. The van der Waals surface area contributed by atoms with Crippen LogP contribution in [0.2, 0.25) is 0 Å². The highest BCUT2D eigenvalue weighted by molar-refractivity contribution is 7.85. The molecule has 0 bridgehead atoms. The van der Waals surface area contributed by atoms with E-state index in [-0.39, 0.29) is 11.0 Å². The van der Waals surface area contributed by atoms with Gasteiger partial charge in [0.2, 0.25) is 5.76 Å². The van der Waals surface area contributed by atoms with E-state index < -0.39 is 16.8 Å². The quantitative estimate of drug-likeness (QED) is 0.710. The summed E-state index contributed by atoms with van der Waals surface area (Å²) in [5.74, 6) is -0.496. The highest BCUT2D eigenvalue weighted by Gasteiger charge is 2.28. The standard InChI is InChI=1S/C9H10O5S/c1-12-9(10)7-2-3-8(14-7)15(11)6-4-13-5-6/h2-3,6H,4-5H2,1H3. The lowest BCUT2D eigenvalue weighted by atomic mass is 10.4. The van der Waals surface area contributed by atoms with Gasteiger partial charge in [-0.3, -0.25) is 4.21 Å². The molecule has 0 aromatic carbocycles. The molecule has 1 fully saturated rings. The molecule has 1 aliphatic rings. The first-order chi connectivity index (χ1) is 7.22. The average molecular weight is 230 g/mol. The molecular formula is C9H10O5S. The molecule has 5 nitrogen and oxygen atoms in total. The number of esters is 1. The van der Waals surface area contributed by atoms with E-state index >= 15 is 0 Å². The van der Waals surface area contributed by atoms with Crippen molar-refractivity contribution in [2.24, 2.45) is 0 Å². The first kappa shape index (κ1) is 10.4. The van der Waals surface area contributed by atoms with Gasteiger partial charge < -0.3 is 13.9 Å². The fourth-order valence-electron chi connectivity index (χ4n) is 1.14. The lowest BCUT2D eigenvalue weighted by Crippen LogP contribution is -2.37. The van der Waals surface area contributed by atoms with E-state index in [0.717, 1.165) is 0 Å². The molecule has 1 aromatic rings. The maximum Gasteiger partial charge on any atom is 0.374 e. The van der Waals surface area contributed by atoms with Crippen LogP contribution >= 0.6 is 0 Å². The van der Waals surface area contributed by atoms with Crippen LogP contribution in [0.15, 0.2) is 21.6 Å². The smallest absolute Gasteiger partial charge is 0.374 e. The normalized spacial score (nSPS) is 18.2. The predicted molar refractivity (Wildman–Crippen MR) is 51.1 cm³/mol. The highest BCUT2D eigenvalue weighted by atomic mass is 32.2. The molecule has 1 aliphatic heterocycles. The Balaban J connectivity index is 2.12. The van der Waals surface area contributed by atoms with Crippen molar-refractivity contribution in [3.8, 4) is 0 Å². The van der Waals surface area contributed by atoms with E-state index in [1.165, 1.54) is 19.2 Å². The monoisotopic (exact) mass is 230 g/mol. The van der Waals surface area contributed by atoms with Gasteiger partial charge in [-0.2, -0.15) is 0 Å². The number of furan rings is 1. The Hall–Kier alpha value is -1.14. The second-order valence-electron chi connectivity index (χ2n) is 3.07. The Morgan fingerprint density at radius 3 is 2.80 bits per heavy atom. The van der Waals surface area contributed by atoms with Crippen molar-refractivity contribution in [2.75, 3.05) is 20.3 Å². The van der Waals surface area contributed by atoms with Gasteiger partial charge in [-0.1, -0.05) is 0 Å². The Bertz CT molecular complexity index is 393. The minimum atomic E-state index is -1.24. The SMILES string of the molecule is COC(=O)c1ccc(S(=O)C2COC2)o1. The summed E-state index contributed by atoms with van der Waals surface area (Å²) in [5, 5.41) is 0.269. The van der Waals surface area contributed by atoms with Gasteiger partial charge in [-0.05, 0) is 12.1 Å². The largest absolute Gasteiger partial charge is 0.463 e. The summed E-state index contributed by atoms with van der Waals surface area (Å²) < 4.78 is 26.3. The van der Waals surface area contributed by atoms with Gasteiger partial charge in [0, 0.05) is 0 Å². The van der Waals surface area contributed by atoms with E-state index in [1.807, 2.05) is 0 Å². The molecule has 0 aliphatic carbocycles. The first-order valence-electron chi connectivity index (χ1n) is 4.39. The zero-order valence-electron chi connectivity index (χ0n) is 8.10. The maximum atomic E-state index is 11.7. The van der Waals surface area contributed by atoms with Crippen LogP contribution in [-0.2, 0) is 20.3 Å². The van der Waals surface area contributed by atoms with E-state index in [4.69, 9.17) is 9.15 Å². The van der Waals surface area contributed by atoms with Crippen LogP contribution in [-0.4, -0.2) is 35.8 Å². The molecule has 2 heterocycles. The number of rotatable bonds is 3. The van der Waals surface area contributed by atoms with Crippen molar-refractivity contribution >= 4 is 16.8 Å². The summed E-state index contributed by atoms with van der Waals surface area (Å²) in [4.78, 5) is 11.1. The Kier molecular flexibility index (Phi) is 2.88. The van der Waals surface area contributed by atoms with Crippen molar-refractivity contribution < 1.29 is 22.9 Å². The van der Waals surface area contributed by atoms with Crippen molar-refractivity contribution in [3.63, 3.8) is 0 Å². The number of hydrogen-bond acceptors (Lipinski definition) is 5. The zero-order valence-corrected chi connectivity index (χ0v) is 8.91. The van der Waals surface area contributed by atoms with E-state index in [1.54, 1.807) is 0 Å². The molecule has 0 saturated carbocycles. The van der Waals surface area contributed by atoms with E-state index in [2.05, 4.69) is 4.74 Å². The number of methoxy groups -OCH3 is 1. The topological polar surface area (TPSA) is 65.7 Å². The zero-order chi connectivity index (χ0) is 10.8. The molecule has 15 heavy (non-hydrogen) atoms. The molecule has 0 spiro atoms. The average Bonchev–Trinajstić information content (AvgIpc) is 2.62. The van der Waals surface area contributed by atoms with E-state index in [0.29, 0.717) is 18.3 Å². The third-order valence-electron chi connectivity index (χ3n) is 2.08. The second kappa shape index (κ2) is 4.16. The number of carbonyl (C=O) groups is 1. The van der Waals surface area contributed by atoms with Crippen LogP contribution in [0, 0.1) is 0 Å². The highest BCUT2D eigenvalue weighted by Crippen LogP contribution is 2.19. The summed E-state index contributed by atoms with van der Waals surface area (Å²) in [5.41, 5.74) is 0. The molecule has 2 rings (SSSR count). The van der Waals surface area contributed by atoms with Crippen molar-refractivity contribution in [2.45, 2.75) is 10.3 Å². The minimum absolute atomic E-state index is 0.0263. The summed E-state index contributed by atoms with van der Waals surface area (Å²) in [7, 11) is 0.0266. The van der Waals surface area contributed by atoms with Gasteiger partial charge in [0.25, 0.3) is 0 Å². The van der Waals surface area contributed by atoms with Gasteiger partial charge in [-0.25, -0.2) is 4.79 Å². The van der Waals surface area contributed by atoms with E-state index in [9.17, 15) is 9.00 Å². The van der Waals surface area contributed by atoms with Crippen molar-refractivity contribution in [3.05, 3.63) is 17.9 Å². The number of carbonyl (C=O) groups excluding carboxylic acids is 1.